The summed E-state index contributed by atoms with van der Waals surface area (Å²) in [6.07, 6.45) is 4.39. The van der Waals surface area contributed by atoms with E-state index in [1.54, 1.807) is 6.08 Å². The molecular formula is C10H17NO. The van der Waals surface area contributed by atoms with Gasteiger partial charge in [0.1, 0.15) is 0 Å². The summed E-state index contributed by atoms with van der Waals surface area (Å²) >= 11 is 0. The lowest BCUT2D eigenvalue weighted by molar-refractivity contribution is 0.185. The summed E-state index contributed by atoms with van der Waals surface area (Å²) in [6.45, 7) is 9.62. The van der Waals surface area contributed by atoms with Crippen LogP contribution in [0.4, 0.5) is 0 Å². The monoisotopic (exact) mass is 167 g/mol. The smallest absolute Gasteiger partial charge is 0.0690 e. The topological polar surface area (TPSA) is 21.3 Å². The van der Waals surface area contributed by atoms with Gasteiger partial charge in [-0.25, -0.2) is 0 Å². The Labute approximate surface area is 74.3 Å². The predicted octanol–water partition coefficient (Wildman–Crippen LogP) is 1.50. The number of ether oxygens (including phenoxy) is 1. The van der Waals surface area contributed by atoms with Crippen molar-refractivity contribution in [3.8, 4) is 0 Å². The van der Waals surface area contributed by atoms with Crippen LogP contribution in [0.25, 0.3) is 0 Å². The largest absolute Gasteiger partial charge is 0.373 e. The van der Waals surface area contributed by atoms with Crippen molar-refractivity contribution >= 4 is 0 Å². The molecule has 1 fully saturated rings. The van der Waals surface area contributed by atoms with E-state index in [0.29, 0.717) is 13.2 Å². The summed E-state index contributed by atoms with van der Waals surface area (Å²) in [5.41, 5.74) is 1.11. The Kier molecular flexibility index (Phi) is 4.05. The number of rotatable bonds is 7. The molecule has 1 rings (SSSR count). The molecule has 68 valence electrons. The van der Waals surface area contributed by atoms with Gasteiger partial charge in [0.2, 0.25) is 0 Å². The van der Waals surface area contributed by atoms with E-state index in [1.165, 1.54) is 12.8 Å². The van der Waals surface area contributed by atoms with E-state index in [-0.39, 0.29) is 0 Å². The van der Waals surface area contributed by atoms with Gasteiger partial charge in [0.15, 0.2) is 0 Å². The van der Waals surface area contributed by atoms with Crippen LogP contribution in [0.5, 0.6) is 0 Å². The average molecular weight is 167 g/mol. The van der Waals surface area contributed by atoms with Crippen LogP contribution in [0.15, 0.2) is 24.8 Å². The molecule has 0 amide bonds. The van der Waals surface area contributed by atoms with Crippen LogP contribution in [0.2, 0.25) is 0 Å². The molecule has 0 bridgehead atoms. The van der Waals surface area contributed by atoms with E-state index in [2.05, 4.69) is 18.5 Å². The van der Waals surface area contributed by atoms with Gasteiger partial charge in [-0.1, -0.05) is 12.7 Å². The Balaban J connectivity index is 1.91. The Morgan fingerprint density at radius 1 is 1.58 bits per heavy atom. The summed E-state index contributed by atoms with van der Waals surface area (Å²) in [5.74, 6) is 0. The first kappa shape index (κ1) is 9.49. The molecule has 1 saturated carbocycles. The molecule has 0 aromatic carbocycles. The first-order valence-electron chi connectivity index (χ1n) is 4.41. The van der Waals surface area contributed by atoms with Crippen molar-refractivity contribution in [1.82, 2.24) is 5.32 Å². The Morgan fingerprint density at radius 2 is 2.33 bits per heavy atom. The molecule has 0 saturated heterocycles. The molecule has 1 aliphatic rings. The Bertz CT molecular complexity index is 161. The van der Waals surface area contributed by atoms with Crippen molar-refractivity contribution < 1.29 is 4.74 Å². The highest BCUT2D eigenvalue weighted by Gasteiger charge is 2.19. The minimum Gasteiger partial charge on any atom is -0.373 e. The van der Waals surface area contributed by atoms with E-state index >= 15 is 0 Å². The van der Waals surface area contributed by atoms with Crippen LogP contribution in [-0.4, -0.2) is 25.8 Å². The van der Waals surface area contributed by atoms with Gasteiger partial charge in [0.25, 0.3) is 0 Å². The van der Waals surface area contributed by atoms with Crippen LogP contribution >= 0.6 is 0 Å². The fourth-order valence-corrected chi connectivity index (χ4v) is 0.914. The van der Waals surface area contributed by atoms with Gasteiger partial charge in [-0.05, 0) is 18.4 Å². The number of nitrogens with one attached hydrogen (secondary N) is 1. The maximum absolute atomic E-state index is 5.24. The highest BCUT2D eigenvalue weighted by atomic mass is 16.5. The van der Waals surface area contributed by atoms with Gasteiger partial charge in [-0.15, -0.1) is 6.58 Å². The van der Waals surface area contributed by atoms with Crippen LogP contribution in [-0.2, 0) is 4.74 Å². The fourth-order valence-electron chi connectivity index (χ4n) is 0.914. The molecular weight excluding hydrogens is 150 g/mol. The maximum Gasteiger partial charge on any atom is 0.0690 e. The average Bonchev–Trinajstić information content (AvgIpc) is 2.84. The first-order valence-corrected chi connectivity index (χ1v) is 4.41. The van der Waals surface area contributed by atoms with Crippen molar-refractivity contribution in [3.63, 3.8) is 0 Å². The van der Waals surface area contributed by atoms with Crippen molar-refractivity contribution in [3.05, 3.63) is 24.8 Å². The highest BCUT2D eigenvalue weighted by Crippen LogP contribution is 2.18. The third kappa shape index (κ3) is 4.31. The molecule has 1 aliphatic carbocycles. The second kappa shape index (κ2) is 5.12. The Hall–Kier alpha value is -0.600. The minimum absolute atomic E-state index is 0.614. The lowest BCUT2D eigenvalue weighted by Crippen LogP contribution is -2.20. The standard InChI is InChI=1S/C10H17NO/c1-3-6-12-8-9(2)7-11-10-4-5-10/h3,10-11H,1-2,4-8H2. The molecule has 0 atom stereocenters. The van der Waals surface area contributed by atoms with E-state index in [0.717, 1.165) is 18.2 Å². The van der Waals surface area contributed by atoms with E-state index in [9.17, 15) is 0 Å². The van der Waals surface area contributed by atoms with E-state index < -0.39 is 0 Å². The minimum atomic E-state index is 0.614. The third-order valence-corrected chi connectivity index (χ3v) is 1.76. The second-order valence-corrected chi connectivity index (χ2v) is 3.21. The zero-order chi connectivity index (χ0) is 8.81. The summed E-state index contributed by atoms with van der Waals surface area (Å²) < 4.78 is 5.24. The van der Waals surface area contributed by atoms with Crippen molar-refractivity contribution in [1.29, 1.82) is 0 Å². The van der Waals surface area contributed by atoms with Crippen LogP contribution < -0.4 is 5.32 Å². The lowest BCUT2D eigenvalue weighted by Gasteiger charge is -2.06. The fraction of sp³-hybridized carbons (Fsp3) is 0.600. The first-order chi connectivity index (χ1) is 5.83. The molecule has 0 aromatic heterocycles. The number of hydrogen-bond acceptors (Lipinski definition) is 2. The maximum atomic E-state index is 5.24. The summed E-state index contributed by atoms with van der Waals surface area (Å²) in [6, 6.07) is 0.751. The highest BCUT2D eigenvalue weighted by molar-refractivity contribution is 4.99. The normalized spacial score (nSPS) is 16.0. The predicted molar refractivity (Wildman–Crippen MR) is 51.2 cm³/mol. The molecule has 2 heteroatoms. The zero-order valence-electron chi connectivity index (χ0n) is 7.51. The number of hydrogen-bond donors (Lipinski definition) is 1. The molecule has 12 heavy (non-hydrogen) atoms. The van der Waals surface area contributed by atoms with Crippen molar-refractivity contribution in [2.75, 3.05) is 19.8 Å². The third-order valence-electron chi connectivity index (χ3n) is 1.76. The van der Waals surface area contributed by atoms with Crippen molar-refractivity contribution in [2.45, 2.75) is 18.9 Å². The van der Waals surface area contributed by atoms with Gasteiger partial charge >= 0.3 is 0 Å². The van der Waals surface area contributed by atoms with Gasteiger partial charge in [-0.2, -0.15) is 0 Å². The molecule has 0 spiro atoms. The molecule has 0 aliphatic heterocycles. The zero-order valence-corrected chi connectivity index (χ0v) is 7.51. The molecule has 0 aromatic rings. The molecule has 0 unspecified atom stereocenters. The molecule has 0 heterocycles. The molecule has 1 N–H and O–H groups in total. The SMILES string of the molecule is C=CCOCC(=C)CNC1CC1. The second-order valence-electron chi connectivity index (χ2n) is 3.21. The molecule has 0 radical (unpaired) electrons. The van der Waals surface area contributed by atoms with Crippen LogP contribution in [0.3, 0.4) is 0 Å². The summed E-state index contributed by atoms with van der Waals surface area (Å²) in [4.78, 5) is 0. The van der Waals surface area contributed by atoms with Gasteiger partial charge in [0.05, 0.1) is 13.2 Å². The Morgan fingerprint density at radius 3 is 2.92 bits per heavy atom. The lowest BCUT2D eigenvalue weighted by atomic mass is 10.3. The van der Waals surface area contributed by atoms with Crippen LogP contribution in [0, 0.1) is 0 Å². The van der Waals surface area contributed by atoms with Gasteiger partial charge in [-0.3, -0.25) is 0 Å². The quantitative estimate of drug-likeness (QED) is 0.458. The van der Waals surface area contributed by atoms with Crippen molar-refractivity contribution in [2.24, 2.45) is 0 Å². The summed E-state index contributed by atoms with van der Waals surface area (Å²) in [5, 5.41) is 3.38. The van der Waals surface area contributed by atoms with Crippen LogP contribution in [0.1, 0.15) is 12.8 Å². The van der Waals surface area contributed by atoms with Gasteiger partial charge < -0.3 is 10.1 Å². The van der Waals surface area contributed by atoms with E-state index in [1.807, 2.05) is 0 Å². The van der Waals surface area contributed by atoms with Gasteiger partial charge in [0, 0.05) is 12.6 Å². The molecule has 2 nitrogen and oxygen atoms in total. The van der Waals surface area contributed by atoms with E-state index in [4.69, 9.17) is 4.74 Å². The summed E-state index contributed by atoms with van der Waals surface area (Å²) in [7, 11) is 0.